The number of rotatable bonds is 5. The number of hydrogen-bond donors (Lipinski definition) is 2. The summed E-state index contributed by atoms with van der Waals surface area (Å²) in [5.41, 5.74) is 4.96. The van der Waals surface area contributed by atoms with Crippen molar-refractivity contribution in [3.05, 3.63) is 64.8 Å². The van der Waals surface area contributed by atoms with Crippen LogP contribution in [0.25, 0.3) is 11.0 Å². The van der Waals surface area contributed by atoms with Crippen LogP contribution in [0.15, 0.2) is 47.0 Å². The summed E-state index contributed by atoms with van der Waals surface area (Å²) in [5, 5.41) is 10.6. The molecule has 0 unspecified atom stereocenters. The number of urea groups is 1. The number of amides is 2. The molecule has 0 aliphatic rings. The Morgan fingerprint density at radius 3 is 2.50 bits per heavy atom. The van der Waals surface area contributed by atoms with Crippen molar-refractivity contribution in [1.29, 1.82) is 0 Å². The smallest absolute Gasteiger partial charge is 0.315 e. The molecule has 1 heterocycles. The average Bonchev–Trinajstić information content (AvgIpc) is 3.00. The molecule has 124 valence electrons. The number of carbonyl (C=O) groups excluding carboxylic acids is 1. The van der Waals surface area contributed by atoms with E-state index in [-0.39, 0.29) is 6.03 Å². The van der Waals surface area contributed by atoms with Crippen molar-refractivity contribution in [3.8, 4) is 0 Å². The van der Waals surface area contributed by atoms with Crippen molar-refractivity contribution in [2.45, 2.75) is 33.4 Å². The lowest BCUT2D eigenvalue weighted by Gasteiger charge is -2.07. The highest BCUT2D eigenvalue weighted by atomic mass is 16.5. The minimum atomic E-state index is -0.224. The van der Waals surface area contributed by atoms with Gasteiger partial charge in [-0.25, -0.2) is 4.79 Å². The molecule has 0 radical (unpaired) electrons. The number of aromatic nitrogens is 1. The van der Waals surface area contributed by atoms with Crippen LogP contribution in [0.1, 0.15) is 29.3 Å². The van der Waals surface area contributed by atoms with Crippen molar-refractivity contribution < 1.29 is 9.32 Å². The van der Waals surface area contributed by atoms with Gasteiger partial charge >= 0.3 is 6.03 Å². The first-order valence-corrected chi connectivity index (χ1v) is 8.10. The molecular weight excluding hydrogens is 302 g/mol. The fourth-order valence-electron chi connectivity index (χ4n) is 2.53. The molecule has 0 saturated heterocycles. The maximum Gasteiger partial charge on any atom is 0.315 e. The molecule has 3 rings (SSSR count). The van der Waals surface area contributed by atoms with Crippen LogP contribution in [0.2, 0.25) is 0 Å². The Balaban J connectivity index is 1.53. The number of nitrogens with one attached hydrogen (secondary N) is 2. The molecule has 2 amide bonds. The Hall–Kier alpha value is -2.82. The minimum absolute atomic E-state index is 0.224. The number of hydrogen-bond acceptors (Lipinski definition) is 3. The van der Waals surface area contributed by atoms with E-state index >= 15 is 0 Å². The summed E-state index contributed by atoms with van der Waals surface area (Å²) < 4.78 is 5.27. The summed E-state index contributed by atoms with van der Waals surface area (Å²) in [6.45, 7) is 4.96. The Morgan fingerprint density at radius 1 is 1.04 bits per heavy atom. The van der Waals surface area contributed by atoms with Gasteiger partial charge in [-0.15, -0.1) is 0 Å². The van der Waals surface area contributed by atoms with E-state index in [4.69, 9.17) is 4.52 Å². The van der Waals surface area contributed by atoms with Crippen molar-refractivity contribution in [3.63, 3.8) is 0 Å². The maximum atomic E-state index is 12.0. The molecule has 24 heavy (non-hydrogen) atoms. The lowest BCUT2D eigenvalue weighted by atomic mass is 10.1. The van der Waals surface area contributed by atoms with E-state index in [1.807, 2.05) is 37.3 Å². The van der Waals surface area contributed by atoms with Crippen LogP contribution in [0.4, 0.5) is 4.79 Å². The first kappa shape index (κ1) is 16.1. The van der Waals surface area contributed by atoms with E-state index in [1.165, 1.54) is 5.56 Å². The van der Waals surface area contributed by atoms with Crippen LogP contribution in [-0.4, -0.2) is 11.2 Å². The normalized spacial score (nSPS) is 10.8. The molecule has 5 nitrogen and oxygen atoms in total. The van der Waals surface area contributed by atoms with Crippen molar-refractivity contribution in [2.24, 2.45) is 0 Å². The lowest BCUT2D eigenvalue weighted by Crippen LogP contribution is -2.34. The van der Waals surface area contributed by atoms with Gasteiger partial charge in [-0.1, -0.05) is 48.0 Å². The van der Waals surface area contributed by atoms with Gasteiger partial charge in [0.1, 0.15) is 5.69 Å². The predicted molar refractivity (Wildman–Crippen MR) is 93.6 cm³/mol. The van der Waals surface area contributed by atoms with Gasteiger partial charge in [0.05, 0.1) is 6.54 Å². The van der Waals surface area contributed by atoms with Gasteiger partial charge in [-0.3, -0.25) is 0 Å². The third-order valence-electron chi connectivity index (χ3n) is 4.00. The first-order valence-electron chi connectivity index (χ1n) is 8.10. The zero-order valence-corrected chi connectivity index (χ0v) is 13.9. The highest BCUT2D eigenvalue weighted by molar-refractivity contribution is 5.81. The quantitative estimate of drug-likeness (QED) is 0.752. The third-order valence-corrected chi connectivity index (χ3v) is 4.00. The van der Waals surface area contributed by atoms with Crippen molar-refractivity contribution in [1.82, 2.24) is 15.8 Å². The summed E-state index contributed by atoms with van der Waals surface area (Å²) in [5.74, 6) is 0. The molecule has 2 N–H and O–H groups in total. The molecule has 0 spiro atoms. The summed E-state index contributed by atoms with van der Waals surface area (Å²) in [6, 6.07) is 13.9. The molecule has 0 saturated carbocycles. The van der Waals surface area contributed by atoms with Crippen LogP contribution in [0, 0.1) is 6.92 Å². The van der Waals surface area contributed by atoms with Gasteiger partial charge in [0, 0.05) is 11.9 Å². The summed E-state index contributed by atoms with van der Waals surface area (Å²) in [6.07, 6.45) is 1.01. The Kier molecular flexibility index (Phi) is 4.79. The molecule has 0 fully saturated rings. The van der Waals surface area contributed by atoms with E-state index in [1.54, 1.807) is 0 Å². The van der Waals surface area contributed by atoms with E-state index in [9.17, 15) is 4.79 Å². The van der Waals surface area contributed by atoms with E-state index in [2.05, 4.69) is 34.8 Å². The van der Waals surface area contributed by atoms with Gasteiger partial charge in [-0.05, 0) is 36.6 Å². The number of aryl methyl sites for hydroxylation is 2. The highest BCUT2D eigenvalue weighted by Gasteiger charge is 2.09. The molecule has 2 aromatic carbocycles. The van der Waals surface area contributed by atoms with Gasteiger partial charge in [0.15, 0.2) is 5.58 Å². The fraction of sp³-hybridized carbons (Fsp3) is 0.263. The average molecular weight is 323 g/mol. The number of nitrogens with zero attached hydrogens (tertiary/aromatic N) is 1. The third kappa shape index (κ3) is 3.74. The van der Waals surface area contributed by atoms with Gasteiger partial charge in [0.25, 0.3) is 0 Å². The van der Waals surface area contributed by atoms with Crippen molar-refractivity contribution >= 4 is 17.0 Å². The largest absolute Gasteiger partial charge is 0.356 e. The van der Waals surface area contributed by atoms with Crippen LogP contribution in [0.3, 0.4) is 0 Å². The monoisotopic (exact) mass is 323 g/mol. The van der Waals surface area contributed by atoms with Gasteiger partial charge < -0.3 is 15.2 Å². The number of benzene rings is 2. The zero-order chi connectivity index (χ0) is 16.9. The van der Waals surface area contributed by atoms with Crippen LogP contribution >= 0.6 is 0 Å². The lowest BCUT2D eigenvalue weighted by molar-refractivity contribution is 0.240. The number of carbonyl (C=O) groups is 1. The van der Waals surface area contributed by atoms with Crippen molar-refractivity contribution in [2.75, 3.05) is 0 Å². The number of fused-ring (bicyclic) bond motifs is 1. The van der Waals surface area contributed by atoms with E-state index < -0.39 is 0 Å². The van der Waals surface area contributed by atoms with E-state index in [0.29, 0.717) is 13.1 Å². The molecule has 0 aliphatic heterocycles. The predicted octanol–water partition coefficient (Wildman–Crippen LogP) is 3.70. The van der Waals surface area contributed by atoms with Crippen LogP contribution in [-0.2, 0) is 19.5 Å². The second-order valence-electron chi connectivity index (χ2n) is 5.84. The minimum Gasteiger partial charge on any atom is -0.356 e. The molecular formula is C19H21N3O2. The summed E-state index contributed by atoms with van der Waals surface area (Å²) in [4.78, 5) is 12.0. The maximum absolute atomic E-state index is 12.0. The SMILES string of the molecule is CCc1ccc(CNC(=O)NCc2noc3ccc(C)cc23)cc1. The van der Waals surface area contributed by atoms with Gasteiger partial charge in [-0.2, -0.15) is 0 Å². The molecule has 0 aliphatic carbocycles. The molecule has 0 bridgehead atoms. The summed E-state index contributed by atoms with van der Waals surface area (Å²) in [7, 11) is 0. The Bertz CT molecular complexity index is 837. The van der Waals surface area contributed by atoms with Gasteiger partial charge in [0.2, 0.25) is 0 Å². The molecule has 1 aromatic heterocycles. The fourth-order valence-corrected chi connectivity index (χ4v) is 2.53. The Morgan fingerprint density at radius 2 is 1.75 bits per heavy atom. The van der Waals surface area contributed by atoms with Crippen LogP contribution in [0.5, 0.6) is 0 Å². The molecule has 0 atom stereocenters. The molecule has 5 heteroatoms. The van der Waals surface area contributed by atoms with E-state index in [0.717, 1.165) is 34.2 Å². The molecule has 3 aromatic rings. The second kappa shape index (κ2) is 7.17. The van der Waals surface area contributed by atoms with Crippen LogP contribution < -0.4 is 10.6 Å². The first-order chi connectivity index (χ1) is 11.7. The topological polar surface area (TPSA) is 67.2 Å². The second-order valence-corrected chi connectivity index (χ2v) is 5.84. The highest BCUT2D eigenvalue weighted by Crippen LogP contribution is 2.19. The summed E-state index contributed by atoms with van der Waals surface area (Å²) >= 11 is 0. The zero-order valence-electron chi connectivity index (χ0n) is 13.9. The standard InChI is InChI=1S/C19H21N3O2/c1-3-14-5-7-15(8-6-14)11-20-19(23)21-12-17-16-10-13(2)4-9-18(16)24-22-17/h4-10H,3,11-12H2,1-2H3,(H2,20,21,23). The Labute approximate surface area is 141 Å².